The van der Waals surface area contributed by atoms with E-state index in [0.29, 0.717) is 13.2 Å². The number of hydrogen-bond donors (Lipinski definition) is 1. The zero-order chi connectivity index (χ0) is 21.1. The van der Waals surface area contributed by atoms with Gasteiger partial charge in [-0.25, -0.2) is 0 Å². The molecule has 7 heteroatoms. The molecule has 30 heavy (non-hydrogen) atoms. The lowest BCUT2D eigenvalue weighted by Gasteiger charge is -2.17. The number of carbonyl (C=O) groups excluding carboxylic acids is 1. The molecule has 162 valence electrons. The summed E-state index contributed by atoms with van der Waals surface area (Å²) in [5.74, 6) is 1.45. The lowest BCUT2D eigenvalue weighted by Crippen LogP contribution is -2.25. The molecule has 2 aliphatic rings. The van der Waals surface area contributed by atoms with E-state index in [-0.39, 0.29) is 17.9 Å². The molecule has 7 nitrogen and oxygen atoms in total. The van der Waals surface area contributed by atoms with Crippen molar-refractivity contribution in [1.29, 1.82) is 0 Å². The number of nitrogens with zero attached hydrogens (tertiary/aromatic N) is 2. The maximum absolute atomic E-state index is 12.5. The highest BCUT2D eigenvalue weighted by atomic mass is 16.5. The van der Waals surface area contributed by atoms with E-state index in [9.17, 15) is 4.79 Å². The number of nitrogens with one attached hydrogen (secondary N) is 1. The van der Waals surface area contributed by atoms with Gasteiger partial charge in [-0.1, -0.05) is 5.16 Å². The Kier molecular flexibility index (Phi) is 6.39. The van der Waals surface area contributed by atoms with Gasteiger partial charge < -0.3 is 19.3 Å². The second kappa shape index (κ2) is 9.18. The van der Waals surface area contributed by atoms with Crippen LogP contribution in [-0.2, 0) is 9.53 Å². The van der Waals surface area contributed by atoms with Crippen LogP contribution in [-0.4, -0.2) is 54.9 Å². The first-order valence-electron chi connectivity index (χ1n) is 10.9. The van der Waals surface area contributed by atoms with Crippen molar-refractivity contribution in [2.45, 2.75) is 46.1 Å². The van der Waals surface area contributed by atoms with Crippen LogP contribution in [0.1, 0.15) is 37.6 Å². The van der Waals surface area contributed by atoms with Crippen molar-refractivity contribution >= 4 is 11.6 Å². The van der Waals surface area contributed by atoms with Crippen molar-refractivity contribution in [3.05, 3.63) is 29.7 Å². The summed E-state index contributed by atoms with van der Waals surface area (Å²) in [5.41, 5.74) is 3.35. The van der Waals surface area contributed by atoms with Crippen LogP contribution in [0.15, 0.2) is 22.7 Å². The van der Waals surface area contributed by atoms with Gasteiger partial charge in [0.15, 0.2) is 0 Å². The number of anilines is 1. The predicted octanol–water partition coefficient (Wildman–Crippen LogP) is 3.80. The number of benzene rings is 1. The Bertz CT molecular complexity index is 869. The molecule has 1 aromatic heterocycles. The average Bonchev–Trinajstić information content (AvgIpc) is 3.14. The van der Waals surface area contributed by atoms with E-state index >= 15 is 0 Å². The van der Waals surface area contributed by atoms with E-state index in [0.717, 1.165) is 60.1 Å². The smallest absolute Gasteiger partial charge is 0.230 e. The zero-order valence-corrected chi connectivity index (χ0v) is 18.1. The third kappa shape index (κ3) is 4.68. The van der Waals surface area contributed by atoms with E-state index in [1.807, 2.05) is 39.0 Å². The Morgan fingerprint density at radius 1 is 1.30 bits per heavy atom. The molecule has 2 fully saturated rings. The Balaban J connectivity index is 1.50. The molecule has 2 aromatic rings. The molecular weight excluding hydrogens is 382 g/mol. The number of aryl methyl sites for hydroxylation is 2. The molecule has 0 radical (unpaired) electrons. The Labute approximate surface area is 177 Å². The molecule has 4 rings (SSSR count). The minimum absolute atomic E-state index is 0.000800. The molecule has 0 spiro atoms. The van der Waals surface area contributed by atoms with E-state index in [1.54, 1.807) is 0 Å². The molecule has 2 atom stereocenters. The highest BCUT2D eigenvalue weighted by Gasteiger charge is 2.44. The largest absolute Gasteiger partial charge is 0.492 e. The number of ether oxygens (including phenoxy) is 2. The minimum Gasteiger partial charge on any atom is -0.492 e. The number of likely N-dealkylation sites (tertiary alicyclic amines) is 1. The number of carbonyl (C=O) groups is 1. The molecule has 1 N–H and O–H groups in total. The van der Waals surface area contributed by atoms with Gasteiger partial charge in [-0.15, -0.1) is 0 Å². The van der Waals surface area contributed by atoms with Crippen LogP contribution < -0.4 is 10.1 Å². The highest BCUT2D eigenvalue weighted by molar-refractivity contribution is 5.95. The van der Waals surface area contributed by atoms with Gasteiger partial charge in [0.05, 0.1) is 23.3 Å². The second-order valence-corrected chi connectivity index (χ2v) is 8.13. The summed E-state index contributed by atoms with van der Waals surface area (Å²) >= 11 is 0. The molecule has 1 aromatic carbocycles. The first-order chi connectivity index (χ1) is 14.6. The van der Waals surface area contributed by atoms with Gasteiger partial charge in [-0.3, -0.25) is 9.69 Å². The van der Waals surface area contributed by atoms with Gasteiger partial charge in [0.2, 0.25) is 5.91 Å². The third-order valence-corrected chi connectivity index (χ3v) is 5.86. The van der Waals surface area contributed by atoms with E-state index in [1.165, 1.54) is 12.8 Å². The van der Waals surface area contributed by atoms with Gasteiger partial charge >= 0.3 is 0 Å². The Hall–Kier alpha value is -2.38. The maximum atomic E-state index is 12.5. The number of aromatic nitrogens is 1. The standard InChI is InChI=1S/C23H31N3O4/c1-4-28-21-14-19(21)23(27)24-17-7-8-20(29-12-11-26-9-5-6-10-26)18(13-17)22-15(2)25-30-16(22)3/h7-8,13,19,21H,4-6,9-12,14H2,1-3H3,(H,24,27). The van der Waals surface area contributed by atoms with E-state index in [2.05, 4.69) is 15.4 Å². The summed E-state index contributed by atoms with van der Waals surface area (Å²) in [7, 11) is 0. The van der Waals surface area contributed by atoms with Gasteiger partial charge in [-0.2, -0.15) is 0 Å². The maximum Gasteiger partial charge on any atom is 0.230 e. The predicted molar refractivity (Wildman–Crippen MR) is 115 cm³/mol. The quantitative estimate of drug-likeness (QED) is 0.674. The van der Waals surface area contributed by atoms with Crippen molar-refractivity contribution in [3.8, 4) is 16.9 Å². The van der Waals surface area contributed by atoms with Crippen LogP contribution in [0.5, 0.6) is 5.75 Å². The number of amides is 1. The average molecular weight is 414 g/mol. The number of rotatable bonds is 9. The van der Waals surface area contributed by atoms with E-state index in [4.69, 9.17) is 14.0 Å². The Morgan fingerprint density at radius 3 is 2.80 bits per heavy atom. The summed E-state index contributed by atoms with van der Waals surface area (Å²) in [6, 6.07) is 5.77. The molecule has 1 amide bonds. The normalized spacial score (nSPS) is 21.0. The minimum atomic E-state index is -0.0659. The first-order valence-corrected chi connectivity index (χ1v) is 10.9. The van der Waals surface area contributed by atoms with Gasteiger partial charge in [-0.05, 0) is 71.3 Å². The van der Waals surface area contributed by atoms with Crippen molar-refractivity contribution < 1.29 is 18.8 Å². The van der Waals surface area contributed by atoms with E-state index < -0.39 is 0 Å². The van der Waals surface area contributed by atoms with Crippen molar-refractivity contribution in [3.63, 3.8) is 0 Å². The fourth-order valence-corrected chi connectivity index (χ4v) is 4.17. The summed E-state index contributed by atoms with van der Waals surface area (Å²) in [4.78, 5) is 15.0. The topological polar surface area (TPSA) is 76.8 Å². The molecule has 1 saturated carbocycles. The lowest BCUT2D eigenvalue weighted by molar-refractivity contribution is -0.118. The van der Waals surface area contributed by atoms with Crippen molar-refractivity contribution in [1.82, 2.24) is 10.1 Å². The molecule has 1 saturated heterocycles. The van der Waals surface area contributed by atoms with Crippen LogP contribution in [0, 0.1) is 19.8 Å². The zero-order valence-electron chi connectivity index (χ0n) is 18.1. The third-order valence-electron chi connectivity index (χ3n) is 5.86. The summed E-state index contributed by atoms with van der Waals surface area (Å²) in [6.45, 7) is 10.2. The highest BCUT2D eigenvalue weighted by Crippen LogP contribution is 2.38. The van der Waals surface area contributed by atoms with Crippen molar-refractivity contribution in [2.24, 2.45) is 5.92 Å². The molecular formula is C23H31N3O4. The molecule has 0 bridgehead atoms. The SMILES string of the molecule is CCOC1CC1C(=O)Nc1ccc(OCCN2CCCC2)c(-c2c(C)noc2C)c1. The second-order valence-electron chi connectivity index (χ2n) is 8.13. The van der Waals surface area contributed by atoms with Gasteiger partial charge in [0, 0.05) is 24.4 Å². The van der Waals surface area contributed by atoms with Crippen LogP contribution in [0.4, 0.5) is 5.69 Å². The van der Waals surface area contributed by atoms with Crippen LogP contribution >= 0.6 is 0 Å². The number of hydrogen-bond acceptors (Lipinski definition) is 6. The van der Waals surface area contributed by atoms with Crippen LogP contribution in [0.3, 0.4) is 0 Å². The van der Waals surface area contributed by atoms with Crippen LogP contribution in [0.25, 0.3) is 11.1 Å². The molecule has 2 unspecified atom stereocenters. The van der Waals surface area contributed by atoms with Gasteiger partial charge in [0.25, 0.3) is 0 Å². The lowest BCUT2D eigenvalue weighted by atomic mass is 10.0. The fourth-order valence-electron chi connectivity index (χ4n) is 4.17. The molecule has 2 heterocycles. The van der Waals surface area contributed by atoms with Gasteiger partial charge in [0.1, 0.15) is 18.1 Å². The fraction of sp³-hybridized carbons (Fsp3) is 0.565. The summed E-state index contributed by atoms with van der Waals surface area (Å²) < 4.78 is 17.1. The molecule has 1 aliphatic heterocycles. The summed E-state index contributed by atoms with van der Waals surface area (Å²) in [6.07, 6.45) is 3.37. The monoisotopic (exact) mass is 413 g/mol. The summed E-state index contributed by atoms with van der Waals surface area (Å²) in [5, 5.41) is 7.12. The van der Waals surface area contributed by atoms with Crippen molar-refractivity contribution in [2.75, 3.05) is 38.2 Å². The first kappa shape index (κ1) is 20.9. The molecule has 1 aliphatic carbocycles. The van der Waals surface area contributed by atoms with Crippen LogP contribution in [0.2, 0.25) is 0 Å². The Morgan fingerprint density at radius 2 is 2.10 bits per heavy atom.